The Kier molecular flexibility index (Phi) is 4.67. The molecule has 0 bridgehead atoms. The van der Waals surface area contributed by atoms with Crippen LogP contribution in [0.2, 0.25) is 0 Å². The molecule has 1 atom stereocenters. The lowest BCUT2D eigenvalue weighted by Gasteiger charge is -2.13. The van der Waals surface area contributed by atoms with E-state index in [0.717, 1.165) is 5.56 Å². The number of primary amides is 1. The monoisotopic (exact) mass is 252 g/mol. The number of aliphatic hydroxyl groups is 1. The fourth-order valence-electron chi connectivity index (χ4n) is 1.44. The van der Waals surface area contributed by atoms with Crippen LogP contribution in [0.5, 0.6) is 5.75 Å². The van der Waals surface area contributed by atoms with E-state index >= 15 is 0 Å². The summed E-state index contributed by atoms with van der Waals surface area (Å²) in [5.74, 6) is -0.241. The van der Waals surface area contributed by atoms with E-state index in [-0.39, 0.29) is 6.61 Å². The van der Waals surface area contributed by atoms with Crippen LogP contribution in [0.1, 0.15) is 24.2 Å². The highest BCUT2D eigenvalue weighted by Crippen LogP contribution is 2.26. The first-order valence-corrected chi connectivity index (χ1v) is 5.41. The second-order valence-corrected chi connectivity index (χ2v) is 3.92. The van der Waals surface area contributed by atoms with E-state index in [2.05, 4.69) is 0 Å². The summed E-state index contributed by atoms with van der Waals surface area (Å²) in [6, 6.07) is 4.30. The van der Waals surface area contributed by atoms with Gasteiger partial charge in [-0.05, 0) is 26.0 Å². The third-order valence-electron chi connectivity index (χ3n) is 2.24. The number of rotatable bonds is 4. The molecule has 0 saturated carbocycles. The van der Waals surface area contributed by atoms with E-state index in [1.165, 1.54) is 0 Å². The van der Waals surface area contributed by atoms with Crippen LogP contribution in [0.15, 0.2) is 18.2 Å². The fourth-order valence-corrected chi connectivity index (χ4v) is 1.44. The van der Waals surface area contributed by atoms with E-state index in [9.17, 15) is 14.7 Å². The fraction of sp³-hybridized carbons (Fsp3) is 0.333. The maximum Gasteiger partial charge on any atom is 0.318 e. The zero-order valence-corrected chi connectivity index (χ0v) is 10.3. The number of benzene rings is 1. The molecule has 0 radical (unpaired) electrons. The molecule has 0 spiro atoms. The SMILES string of the molecule is Cc1ccc(OCC(=O)NC(N)=O)c([C@H](C)O)c1. The molecular formula is C12H16N2O4. The minimum Gasteiger partial charge on any atom is -0.483 e. The molecule has 4 N–H and O–H groups in total. The first-order valence-electron chi connectivity index (χ1n) is 5.41. The highest BCUT2D eigenvalue weighted by molar-refractivity contribution is 5.94. The lowest BCUT2D eigenvalue weighted by molar-refractivity contribution is -0.121. The molecule has 0 heterocycles. The van der Waals surface area contributed by atoms with E-state index in [4.69, 9.17) is 10.5 Å². The van der Waals surface area contributed by atoms with Crippen LogP contribution in [0.4, 0.5) is 4.79 Å². The average Bonchev–Trinajstić information content (AvgIpc) is 2.26. The molecular weight excluding hydrogens is 236 g/mol. The summed E-state index contributed by atoms with van der Waals surface area (Å²) in [5.41, 5.74) is 6.35. The summed E-state index contributed by atoms with van der Waals surface area (Å²) in [6.07, 6.45) is -0.709. The molecule has 1 aromatic carbocycles. The van der Waals surface area contributed by atoms with Crippen molar-refractivity contribution in [2.45, 2.75) is 20.0 Å². The zero-order chi connectivity index (χ0) is 13.7. The molecule has 6 heteroatoms. The third kappa shape index (κ3) is 4.06. The number of carbonyl (C=O) groups excluding carboxylic acids is 2. The van der Waals surface area contributed by atoms with Gasteiger partial charge in [0.05, 0.1) is 6.10 Å². The Hall–Kier alpha value is -2.08. The van der Waals surface area contributed by atoms with Crippen LogP contribution in [0.25, 0.3) is 0 Å². The van der Waals surface area contributed by atoms with Gasteiger partial charge < -0.3 is 15.6 Å². The molecule has 0 fully saturated rings. The Morgan fingerprint density at radius 2 is 2.17 bits per heavy atom. The van der Waals surface area contributed by atoms with Gasteiger partial charge in [-0.2, -0.15) is 0 Å². The van der Waals surface area contributed by atoms with Crippen molar-refractivity contribution in [3.05, 3.63) is 29.3 Å². The normalized spacial score (nSPS) is 11.7. The van der Waals surface area contributed by atoms with Crippen LogP contribution in [-0.2, 0) is 4.79 Å². The number of ether oxygens (including phenoxy) is 1. The van der Waals surface area contributed by atoms with Crippen LogP contribution in [0.3, 0.4) is 0 Å². The second kappa shape index (κ2) is 6.02. The summed E-state index contributed by atoms with van der Waals surface area (Å²) < 4.78 is 5.24. The highest BCUT2D eigenvalue weighted by atomic mass is 16.5. The molecule has 18 heavy (non-hydrogen) atoms. The van der Waals surface area contributed by atoms with Gasteiger partial charge in [0.25, 0.3) is 5.91 Å². The largest absolute Gasteiger partial charge is 0.483 e. The average molecular weight is 252 g/mol. The second-order valence-electron chi connectivity index (χ2n) is 3.92. The van der Waals surface area contributed by atoms with E-state index < -0.39 is 18.0 Å². The Bertz CT molecular complexity index is 457. The molecule has 0 aliphatic carbocycles. The van der Waals surface area contributed by atoms with Crippen molar-refractivity contribution < 1.29 is 19.4 Å². The van der Waals surface area contributed by atoms with Crippen molar-refractivity contribution in [1.82, 2.24) is 5.32 Å². The standard InChI is InChI=1S/C12H16N2O4/c1-7-3-4-10(9(5-7)8(2)15)18-6-11(16)14-12(13)17/h3-5,8,15H,6H2,1-2H3,(H3,13,14,16,17)/t8-/m0/s1. The van der Waals surface area contributed by atoms with E-state index in [0.29, 0.717) is 11.3 Å². The Balaban J connectivity index is 2.72. The molecule has 3 amide bonds. The number of nitrogens with one attached hydrogen (secondary N) is 1. The summed E-state index contributed by atoms with van der Waals surface area (Å²) >= 11 is 0. The van der Waals surface area contributed by atoms with Gasteiger partial charge in [0.15, 0.2) is 6.61 Å². The summed E-state index contributed by atoms with van der Waals surface area (Å²) in [6.45, 7) is 3.15. The number of imide groups is 1. The van der Waals surface area contributed by atoms with Gasteiger partial charge in [0.2, 0.25) is 0 Å². The topological polar surface area (TPSA) is 102 Å². The van der Waals surface area contributed by atoms with Gasteiger partial charge in [0.1, 0.15) is 5.75 Å². The van der Waals surface area contributed by atoms with Crippen molar-refractivity contribution in [3.63, 3.8) is 0 Å². The lowest BCUT2D eigenvalue weighted by Crippen LogP contribution is -2.38. The number of carbonyl (C=O) groups is 2. The molecule has 0 aliphatic rings. The number of nitrogens with two attached hydrogens (primary N) is 1. The first kappa shape index (κ1) is 14.0. The van der Waals surface area contributed by atoms with Gasteiger partial charge in [-0.3, -0.25) is 10.1 Å². The number of amides is 3. The van der Waals surface area contributed by atoms with Crippen molar-refractivity contribution in [3.8, 4) is 5.75 Å². The Morgan fingerprint density at radius 1 is 1.50 bits per heavy atom. The molecule has 6 nitrogen and oxygen atoms in total. The first-order chi connectivity index (χ1) is 8.40. The van der Waals surface area contributed by atoms with Gasteiger partial charge in [0, 0.05) is 5.56 Å². The predicted molar refractivity (Wildman–Crippen MR) is 65.0 cm³/mol. The van der Waals surface area contributed by atoms with Gasteiger partial charge in [-0.15, -0.1) is 0 Å². The van der Waals surface area contributed by atoms with E-state index in [1.54, 1.807) is 25.1 Å². The maximum absolute atomic E-state index is 11.2. The van der Waals surface area contributed by atoms with Gasteiger partial charge >= 0.3 is 6.03 Å². The molecule has 1 rings (SSSR count). The highest BCUT2D eigenvalue weighted by Gasteiger charge is 2.11. The molecule has 0 aliphatic heterocycles. The number of hydrogen-bond donors (Lipinski definition) is 3. The van der Waals surface area contributed by atoms with Crippen molar-refractivity contribution in [2.24, 2.45) is 5.73 Å². The van der Waals surface area contributed by atoms with E-state index in [1.807, 2.05) is 12.2 Å². The van der Waals surface area contributed by atoms with Crippen LogP contribution in [-0.4, -0.2) is 23.7 Å². The lowest BCUT2D eigenvalue weighted by atomic mass is 10.1. The summed E-state index contributed by atoms with van der Waals surface area (Å²) in [7, 11) is 0. The number of hydrogen-bond acceptors (Lipinski definition) is 4. The minimum absolute atomic E-state index is 0.342. The smallest absolute Gasteiger partial charge is 0.318 e. The van der Waals surface area contributed by atoms with Gasteiger partial charge in [-0.1, -0.05) is 11.6 Å². The summed E-state index contributed by atoms with van der Waals surface area (Å²) in [5, 5.41) is 11.5. The molecule has 0 saturated heterocycles. The van der Waals surface area contributed by atoms with Crippen LogP contribution < -0.4 is 15.8 Å². The zero-order valence-electron chi connectivity index (χ0n) is 10.3. The molecule has 1 aromatic rings. The number of aliphatic hydroxyl groups excluding tert-OH is 1. The van der Waals surface area contributed by atoms with Crippen molar-refractivity contribution >= 4 is 11.9 Å². The van der Waals surface area contributed by atoms with Crippen LogP contribution in [0, 0.1) is 6.92 Å². The quantitative estimate of drug-likeness (QED) is 0.731. The van der Waals surface area contributed by atoms with Gasteiger partial charge in [-0.25, -0.2) is 4.79 Å². The number of aryl methyl sites for hydroxylation is 1. The van der Waals surface area contributed by atoms with Crippen molar-refractivity contribution in [2.75, 3.05) is 6.61 Å². The molecule has 0 aromatic heterocycles. The maximum atomic E-state index is 11.2. The Morgan fingerprint density at radius 3 is 2.72 bits per heavy atom. The predicted octanol–water partition coefficient (Wildman–Crippen LogP) is 0.622. The molecule has 0 unspecified atom stereocenters. The minimum atomic E-state index is -0.928. The Labute approximate surface area is 105 Å². The molecule has 98 valence electrons. The third-order valence-corrected chi connectivity index (χ3v) is 2.24. The van der Waals surface area contributed by atoms with Crippen LogP contribution >= 0.6 is 0 Å². The number of urea groups is 1. The summed E-state index contributed by atoms with van der Waals surface area (Å²) in [4.78, 5) is 21.6. The van der Waals surface area contributed by atoms with Crippen molar-refractivity contribution in [1.29, 1.82) is 0 Å².